The lowest BCUT2D eigenvalue weighted by atomic mass is 9.82. The predicted molar refractivity (Wildman–Crippen MR) is 600 cm³/mol. The minimum absolute atomic E-state index is 0.0797. The van der Waals surface area contributed by atoms with Gasteiger partial charge in [0.05, 0.1) is 97.6 Å². The van der Waals surface area contributed by atoms with Gasteiger partial charge < -0.3 is 22.7 Å². The molecule has 14 heteroatoms. The lowest BCUT2D eigenvalue weighted by Gasteiger charge is -2.21. The topological polar surface area (TPSA) is 110 Å². The van der Waals surface area contributed by atoms with E-state index in [1.807, 2.05) is 18.2 Å². The number of fused-ring (bicyclic) bond motifs is 27. The van der Waals surface area contributed by atoms with Crippen LogP contribution in [0.2, 0.25) is 0 Å². The van der Waals surface area contributed by atoms with E-state index >= 15 is 0 Å². The van der Waals surface area contributed by atoms with E-state index in [0.717, 1.165) is 170 Å². The van der Waals surface area contributed by atoms with Gasteiger partial charge in [0.15, 0.2) is 17.5 Å². The average Bonchev–Trinajstić information content (AvgIpc) is 1.56. The number of aromatic nitrogens is 10. The van der Waals surface area contributed by atoms with Gasteiger partial charge in [-0.2, -0.15) is 0 Å². The Bertz CT molecular complexity index is 10500. The normalized spacial score (nSPS) is 12.5. The Hall–Kier alpha value is -17.9. The molecule has 0 saturated heterocycles. The zero-order valence-corrected chi connectivity index (χ0v) is 79.8. The number of nitrogens with zero attached hydrogens (tertiary/aromatic N) is 10. The van der Waals surface area contributed by atoms with E-state index in [2.05, 4.69) is 463 Å². The molecule has 1 aliphatic rings. The van der Waals surface area contributed by atoms with Gasteiger partial charge in [-0.05, 0) is 150 Å². The summed E-state index contributed by atoms with van der Waals surface area (Å²) in [7, 11) is 0. The van der Waals surface area contributed by atoms with Gasteiger partial charge in [0.1, 0.15) is 11.2 Å². The van der Waals surface area contributed by atoms with E-state index in [4.69, 9.17) is 34.3 Å². The average molecular weight is 1880 g/mol. The van der Waals surface area contributed by atoms with Crippen molar-refractivity contribution in [2.45, 2.75) is 19.3 Å². The summed E-state index contributed by atoms with van der Waals surface area (Å²) in [6.07, 6.45) is 0. The molecule has 0 saturated carbocycles. The number of para-hydroxylation sites is 7. The van der Waals surface area contributed by atoms with Crippen molar-refractivity contribution in [3.8, 4) is 102 Å². The molecule has 0 spiro atoms. The van der Waals surface area contributed by atoms with Crippen LogP contribution in [0.5, 0.6) is 0 Å². The second-order valence-corrected chi connectivity index (χ2v) is 40.6. The number of hydrogen-bond donors (Lipinski definition) is 0. The molecule has 0 aliphatic heterocycles. The lowest BCUT2D eigenvalue weighted by molar-refractivity contribution is 0.661. The predicted octanol–water partition coefficient (Wildman–Crippen LogP) is 35.1. The summed E-state index contributed by atoms with van der Waals surface area (Å²) in [6, 6.07) is 160. The molecule has 11 aromatic heterocycles. The summed E-state index contributed by atoms with van der Waals surface area (Å²) < 4.78 is 22.9. The molecule has 31 rings (SSSR count). The Morgan fingerprint density at radius 3 is 1.06 bits per heavy atom. The number of thiophene rings is 3. The summed E-state index contributed by atoms with van der Waals surface area (Å²) in [5, 5.41) is 15.6. The Morgan fingerprint density at radius 1 is 0.210 bits per heavy atom. The molecular formula is C129H80N10OS3. The largest absolute Gasteiger partial charge is 0.456 e. The lowest BCUT2D eigenvalue weighted by Crippen LogP contribution is -2.14. The molecule has 0 unspecified atom stereocenters. The minimum Gasteiger partial charge on any atom is -0.456 e. The number of rotatable bonds is 10. The molecule has 0 radical (unpaired) electrons. The molecule has 19 aromatic carbocycles. The first-order valence-corrected chi connectivity index (χ1v) is 50.7. The van der Waals surface area contributed by atoms with Gasteiger partial charge in [-0.3, -0.25) is 0 Å². The number of furan rings is 1. The van der Waals surface area contributed by atoms with Crippen molar-refractivity contribution in [3.63, 3.8) is 0 Å². The zero-order chi connectivity index (χ0) is 94.2. The van der Waals surface area contributed by atoms with Gasteiger partial charge in [0.25, 0.3) is 0 Å². The van der Waals surface area contributed by atoms with E-state index in [1.165, 1.54) is 107 Å². The summed E-state index contributed by atoms with van der Waals surface area (Å²) in [4.78, 5) is 31.7. The first-order valence-electron chi connectivity index (χ1n) is 48.3. The van der Waals surface area contributed by atoms with Crippen molar-refractivity contribution in [3.05, 3.63) is 460 Å². The maximum absolute atomic E-state index is 6.37. The Morgan fingerprint density at radius 2 is 0.559 bits per heavy atom. The van der Waals surface area contributed by atoms with Gasteiger partial charge >= 0.3 is 0 Å². The first-order chi connectivity index (χ1) is 70.7. The molecule has 30 aromatic rings. The van der Waals surface area contributed by atoms with Crippen LogP contribution in [-0.4, -0.2) is 48.2 Å². The molecule has 0 fully saturated rings. The molecule has 0 amide bonds. The third-order valence-corrected chi connectivity index (χ3v) is 32.4. The van der Waals surface area contributed by atoms with E-state index in [9.17, 15) is 0 Å². The third-order valence-electron chi connectivity index (χ3n) is 28.9. The SMILES string of the molecule is CC1(C)c2ccccc2-c2cc3c4ccccc4n(-c4cccc(-c5nc(-c6ccccc6)c6sc7ccccc7c6n5)c4)c3cc21.c1ccc(-c2nc(-c3cccc(-n4c5ccccc5c5cc6c7ccccc7n(-c7ccccc7)c6cc54)c3)nc3c2sc2ccccc23)cc1.c1ccc(-c2nc(-c3ccccc3-n3c4ccccc4c4cc5c(cc43)oc3ccccc35)nc3c2sc2ccccc23)cc1. The van der Waals surface area contributed by atoms with E-state index in [1.54, 1.807) is 34.0 Å². The molecule has 0 atom stereocenters. The van der Waals surface area contributed by atoms with Crippen LogP contribution >= 0.6 is 34.0 Å². The molecular weight excluding hydrogens is 1800 g/mol. The maximum atomic E-state index is 6.37. The van der Waals surface area contributed by atoms with Crippen LogP contribution in [-0.2, 0) is 5.41 Å². The van der Waals surface area contributed by atoms with Crippen LogP contribution in [0.25, 0.3) is 272 Å². The molecule has 11 nitrogen and oxygen atoms in total. The van der Waals surface area contributed by atoms with Crippen molar-refractivity contribution in [1.29, 1.82) is 0 Å². The molecule has 143 heavy (non-hydrogen) atoms. The first kappa shape index (κ1) is 82.2. The fraction of sp³-hybridized carbons (Fsp3) is 0.0233. The van der Waals surface area contributed by atoms with Gasteiger partial charge in [-0.15, -0.1) is 34.0 Å². The Labute approximate surface area is 831 Å². The zero-order valence-electron chi connectivity index (χ0n) is 77.3. The van der Waals surface area contributed by atoms with Crippen LogP contribution in [0.1, 0.15) is 25.0 Å². The second kappa shape index (κ2) is 32.6. The summed E-state index contributed by atoms with van der Waals surface area (Å²) in [6.45, 7) is 4.70. The van der Waals surface area contributed by atoms with Crippen molar-refractivity contribution in [1.82, 2.24) is 48.2 Å². The van der Waals surface area contributed by atoms with Gasteiger partial charge in [-0.25, -0.2) is 29.9 Å². The molecule has 11 heterocycles. The van der Waals surface area contributed by atoms with E-state index < -0.39 is 0 Å². The standard InChI is InChI=1S/C46H28N4S.C43H29N3S.C40H23N3OS/c1-3-14-29(15-4-1)43-45-44(35-22-9-12-25-42(35)51-45)48-46(47-43)30-16-13-19-32(26-30)50-39-24-11-8-21-34(39)37-27-36-33-20-7-10-23-38(33)49(40(36)28-41(37)50)31-17-5-2-6-18-31;1-43(2)34-20-9-6-17-29(34)32-24-33-30-18-7-10-21-36(30)46(37(33)25-35(32)43)28-16-12-15-27(23-28)42-44-39(26-13-4-3-5-14-26)41-40(45-42)31-19-8-11-22-38(31)47-41;1-2-12-24(13-3-1)37-39-38(28-17-7-11-21-36(28)45-39)42-40(41-37)27-16-5-9-19-32(27)43-31-18-8-4-14-25(31)29-22-30-26-15-6-10-20-34(26)44-35(30)23-33(29)43/h1-28H;3-25H,1-2H3;1-23H. The highest BCUT2D eigenvalue weighted by Crippen LogP contribution is 2.53. The smallest absolute Gasteiger partial charge is 0.162 e. The monoisotopic (exact) mass is 1880 g/mol. The van der Waals surface area contributed by atoms with Gasteiger partial charge in [0.2, 0.25) is 0 Å². The third kappa shape index (κ3) is 13.1. The van der Waals surface area contributed by atoms with Crippen LogP contribution in [0.3, 0.4) is 0 Å². The van der Waals surface area contributed by atoms with Gasteiger partial charge in [-0.1, -0.05) is 329 Å². The molecule has 0 bridgehead atoms. The van der Waals surface area contributed by atoms with Crippen molar-refractivity contribution < 1.29 is 4.42 Å². The van der Waals surface area contributed by atoms with Crippen molar-refractivity contribution >= 4 is 204 Å². The minimum atomic E-state index is -0.0797. The fourth-order valence-electron chi connectivity index (χ4n) is 22.4. The summed E-state index contributed by atoms with van der Waals surface area (Å²) >= 11 is 5.28. The van der Waals surface area contributed by atoms with Crippen molar-refractivity contribution in [2.75, 3.05) is 0 Å². The van der Waals surface area contributed by atoms with E-state index in [-0.39, 0.29) is 5.41 Å². The van der Waals surface area contributed by atoms with Crippen LogP contribution in [0, 0.1) is 0 Å². The fourth-order valence-corrected chi connectivity index (χ4v) is 25.9. The number of benzene rings is 19. The van der Waals surface area contributed by atoms with Crippen molar-refractivity contribution in [2.24, 2.45) is 0 Å². The highest BCUT2D eigenvalue weighted by molar-refractivity contribution is 7.27. The molecule has 0 N–H and O–H groups in total. The van der Waals surface area contributed by atoms with Crippen LogP contribution in [0.15, 0.2) is 453 Å². The Balaban J connectivity index is 0.000000102. The second-order valence-electron chi connectivity index (χ2n) is 37.4. The highest BCUT2D eigenvalue weighted by Gasteiger charge is 2.37. The summed E-state index contributed by atoms with van der Waals surface area (Å²) in [5.41, 5.74) is 32.9. The summed E-state index contributed by atoms with van der Waals surface area (Å²) in [5.74, 6) is 2.16. The molecule has 670 valence electrons. The van der Waals surface area contributed by atoms with Crippen LogP contribution < -0.4 is 0 Å². The quantitative estimate of drug-likeness (QED) is 0.134. The van der Waals surface area contributed by atoms with Crippen LogP contribution in [0.4, 0.5) is 0 Å². The van der Waals surface area contributed by atoms with Gasteiger partial charge in [0, 0.05) is 146 Å². The molecule has 1 aliphatic carbocycles. The maximum Gasteiger partial charge on any atom is 0.162 e. The number of hydrogen-bond acceptors (Lipinski definition) is 10. The Kier molecular flexibility index (Phi) is 18.7. The highest BCUT2D eigenvalue weighted by atomic mass is 32.1. The van der Waals surface area contributed by atoms with E-state index in [0.29, 0.717) is 5.82 Å².